The van der Waals surface area contributed by atoms with Crippen LogP contribution in [0.5, 0.6) is 5.75 Å². The number of aliphatic imine (C=N–C) groups is 1. The number of nitrogens with one attached hydrogen (secondary N) is 1. The average molecular weight is 533 g/mol. The summed E-state index contributed by atoms with van der Waals surface area (Å²) in [5, 5.41) is 24.2. The van der Waals surface area contributed by atoms with Crippen molar-refractivity contribution >= 4 is 85.7 Å². The second-order valence-corrected chi connectivity index (χ2v) is 9.92. The summed E-state index contributed by atoms with van der Waals surface area (Å²) in [5.41, 5.74) is 1.76. The molecule has 0 aliphatic heterocycles. The van der Waals surface area contributed by atoms with Crippen LogP contribution in [0.25, 0.3) is 10.2 Å². The van der Waals surface area contributed by atoms with Gasteiger partial charge in [0.2, 0.25) is 5.91 Å². The number of hydrogen-bond donors (Lipinski definition) is 2. The van der Waals surface area contributed by atoms with Crippen LogP contribution >= 0.6 is 46.3 Å². The molecule has 0 spiro atoms. The molecule has 8 nitrogen and oxygen atoms in total. The first-order valence-corrected chi connectivity index (χ1v) is 12.1. The lowest BCUT2D eigenvalue weighted by atomic mass is 10.2. The first-order chi connectivity index (χ1) is 16.3. The van der Waals surface area contributed by atoms with Gasteiger partial charge in [-0.25, -0.2) is 4.98 Å². The highest BCUT2D eigenvalue weighted by molar-refractivity contribution is 8.01. The zero-order valence-corrected chi connectivity index (χ0v) is 20.2. The second kappa shape index (κ2) is 10.4. The van der Waals surface area contributed by atoms with Crippen molar-refractivity contribution in [1.82, 2.24) is 4.98 Å². The number of hydrogen-bond acceptors (Lipinski definition) is 8. The van der Waals surface area contributed by atoms with Crippen molar-refractivity contribution in [1.29, 1.82) is 0 Å². The predicted molar refractivity (Wildman–Crippen MR) is 137 cm³/mol. The van der Waals surface area contributed by atoms with Gasteiger partial charge in [0.15, 0.2) is 4.34 Å². The summed E-state index contributed by atoms with van der Waals surface area (Å²) in [5.74, 6) is -0.429. The van der Waals surface area contributed by atoms with Crippen LogP contribution in [0.15, 0.2) is 63.9 Å². The van der Waals surface area contributed by atoms with Crippen LogP contribution in [0.1, 0.15) is 5.56 Å². The molecule has 34 heavy (non-hydrogen) atoms. The van der Waals surface area contributed by atoms with Crippen LogP contribution in [-0.2, 0) is 4.79 Å². The van der Waals surface area contributed by atoms with Gasteiger partial charge in [-0.15, -0.1) is 11.3 Å². The summed E-state index contributed by atoms with van der Waals surface area (Å²) >= 11 is 14.5. The summed E-state index contributed by atoms with van der Waals surface area (Å²) in [6, 6.07) is 14.4. The minimum Gasteiger partial charge on any atom is -0.506 e. The Labute approximate surface area is 211 Å². The third kappa shape index (κ3) is 5.65. The number of aromatic nitrogens is 1. The molecule has 0 atom stereocenters. The number of aromatic hydroxyl groups is 1. The Kier molecular flexibility index (Phi) is 7.32. The first kappa shape index (κ1) is 24.0. The molecule has 1 amide bonds. The first-order valence-electron chi connectivity index (χ1n) is 9.59. The lowest BCUT2D eigenvalue weighted by molar-refractivity contribution is -0.383. The van der Waals surface area contributed by atoms with Gasteiger partial charge >= 0.3 is 0 Å². The number of thioether (sulfide) groups is 1. The van der Waals surface area contributed by atoms with Gasteiger partial charge < -0.3 is 10.4 Å². The number of rotatable bonds is 7. The molecule has 0 saturated heterocycles. The van der Waals surface area contributed by atoms with Crippen molar-refractivity contribution in [3.63, 3.8) is 0 Å². The number of carbonyl (C=O) groups is 1. The monoisotopic (exact) mass is 532 g/mol. The van der Waals surface area contributed by atoms with Gasteiger partial charge in [-0.1, -0.05) is 47.1 Å². The van der Waals surface area contributed by atoms with E-state index in [-0.39, 0.29) is 33.8 Å². The predicted octanol–water partition coefficient (Wildman–Crippen LogP) is 6.70. The Balaban J connectivity index is 1.44. The Morgan fingerprint density at radius 1 is 1.24 bits per heavy atom. The molecule has 0 fully saturated rings. The maximum Gasteiger partial charge on any atom is 0.292 e. The summed E-state index contributed by atoms with van der Waals surface area (Å²) in [7, 11) is 0. The summed E-state index contributed by atoms with van der Waals surface area (Å²) in [4.78, 5) is 31.7. The molecule has 0 bridgehead atoms. The number of benzene rings is 3. The largest absolute Gasteiger partial charge is 0.506 e. The SMILES string of the molecule is O=C(CSc1nc2ccc(N=Cc3cc(Cl)cc(Cl)c3O)cc2s1)Nc1ccccc1[N+](=O)[O-]. The molecule has 1 heterocycles. The third-order valence-electron chi connectivity index (χ3n) is 4.46. The average Bonchev–Trinajstić information content (AvgIpc) is 3.21. The van der Waals surface area contributed by atoms with E-state index in [1.165, 1.54) is 53.6 Å². The quantitative estimate of drug-likeness (QED) is 0.118. The molecule has 2 N–H and O–H groups in total. The number of thiazole rings is 1. The van der Waals surface area contributed by atoms with E-state index >= 15 is 0 Å². The fourth-order valence-corrected chi connectivity index (χ4v) is 5.33. The van der Waals surface area contributed by atoms with Crippen molar-refractivity contribution in [3.8, 4) is 5.75 Å². The number of carbonyl (C=O) groups excluding carboxylic acids is 1. The van der Waals surface area contributed by atoms with Gasteiger partial charge in [-0.05, 0) is 36.4 Å². The number of nitro benzene ring substituents is 1. The van der Waals surface area contributed by atoms with Crippen molar-refractivity contribution in [2.24, 2.45) is 4.99 Å². The highest BCUT2D eigenvalue weighted by Gasteiger charge is 2.15. The lowest BCUT2D eigenvalue weighted by Crippen LogP contribution is -2.15. The van der Waals surface area contributed by atoms with Gasteiger partial charge in [0.25, 0.3) is 5.69 Å². The van der Waals surface area contributed by atoms with Crippen molar-refractivity contribution < 1.29 is 14.8 Å². The Bertz CT molecular complexity index is 1440. The number of amides is 1. The van der Waals surface area contributed by atoms with Crippen LogP contribution in [0, 0.1) is 10.1 Å². The van der Waals surface area contributed by atoms with Crippen molar-refractivity contribution in [2.75, 3.05) is 11.1 Å². The Morgan fingerprint density at radius 2 is 2.03 bits per heavy atom. The van der Waals surface area contributed by atoms with Gasteiger partial charge in [-0.2, -0.15) is 0 Å². The zero-order valence-electron chi connectivity index (χ0n) is 17.1. The summed E-state index contributed by atoms with van der Waals surface area (Å²) in [6.45, 7) is 0. The Hall–Kier alpha value is -3.18. The number of anilines is 1. The highest BCUT2D eigenvalue weighted by Crippen LogP contribution is 2.33. The van der Waals surface area contributed by atoms with E-state index in [9.17, 15) is 20.0 Å². The molecule has 0 radical (unpaired) electrons. The van der Waals surface area contributed by atoms with Crippen LogP contribution in [0.4, 0.5) is 17.1 Å². The number of phenolic OH excluding ortho intramolecular Hbond substituents is 1. The van der Waals surface area contributed by atoms with Crippen LogP contribution in [0.2, 0.25) is 10.0 Å². The molecule has 4 aromatic rings. The van der Waals surface area contributed by atoms with Gasteiger partial charge in [0.1, 0.15) is 11.4 Å². The molecule has 0 aliphatic carbocycles. The third-order valence-corrected chi connectivity index (χ3v) is 7.13. The molecule has 0 saturated carbocycles. The normalized spacial score (nSPS) is 11.2. The number of nitrogens with zero attached hydrogens (tertiary/aromatic N) is 3. The van der Waals surface area contributed by atoms with Crippen LogP contribution in [0.3, 0.4) is 0 Å². The van der Waals surface area contributed by atoms with Gasteiger partial charge in [-0.3, -0.25) is 19.9 Å². The minimum absolute atomic E-state index is 0.0473. The number of phenols is 1. The molecule has 1 aromatic heterocycles. The molecule has 0 aliphatic rings. The van der Waals surface area contributed by atoms with Crippen molar-refractivity contribution in [2.45, 2.75) is 4.34 Å². The van der Waals surface area contributed by atoms with E-state index < -0.39 is 4.92 Å². The Morgan fingerprint density at radius 3 is 2.82 bits per heavy atom. The van der Waals surface area contributed by atoms with Crippen LogP contribution < -0.4 is 5.32 Å². The number of para-hydroxylation sites is 2. The van der Waals surface area contributed by atoms with E-state index in [0.717, 1.165) is 10.2 Å². The lowest BCUT2D eigenvalue weighted by Gasteiger charge is -2.04. The zero-order chi connectivity index (χ0) is 24.2. The van der Waals surface area contributed by atoms with Gasteiger partial charge in [0.05, 0.1) is 31.6 Å². The summed E-state index contributed by atoms with van der Waals surface area (Å²) < 4.78 is 1.54. The fraction of sp³-hybridized carbons (Fsp3) is 0.0455. The number of halogens is 2. The molecule has 0 unspecified atom stereocenters. The van der Waals surface area contributed by atoms with E-state index in [0.29, 0.717) is 20.6 Å². The number of nitro groups is 1. The van der Waals surface area contributed by atoms with Crippen molar-refractivity contribution in [3.05, 3.63) is 80.3 Å². The number of fused-ring (bicyclic) bond motifs is 1. The highest BCUT2D eigenvalue weighted by atomic mass is 35.5. The maximum atomic E-state index is 12.3. The fourth-order valence-electron chi connectivity index (χ4n) is 2.91. The van der Waals surface area contributed by atoms with E-state index in [1.54, 1.807) is 24.3 Å². The molecule has 4 rings (SSSR count). The smallest absolute Gasteiger partial charge is 0.292 e. The molecular formula is C22H14Cl2N4O4S2. The van der Waals surface area contributed by atoms with Crippen LogP contribution in [-0.4, -0.2) is 32.9 Å². The van der Waals surface area contributed by atoms with E-state index in [4.69, 9.17) is 23.2 Å². The molecule has 12 heteroatoms. The minimum atomic E-state index is -0.543. The summed E-state index contributed by atoms with van der Waals surface area (Å²) in [6.07, 6.45) is 1.47. The topological polar surface area (TPSA) is 118 Å². The standard InChI is InChI=1S/C22H14Cl2N4O4S2/c23-13-7-12(21(30)15(24)8-13)10-25-14-5-6-17-19(9-14)34-22(27-17)33-11-20(29)26-16-3-1-2-4-18(16)28(31)32/h1-10,30H,11H2,(H,26,29). The molecule has 172 valence electrons. The molecular weight excluding hydrogens is 519 g/mol. The molecule has 3 aromatic carbocycles. The van der Waals surface area contributed by atoms with E-state index in [2.05, 4.69) is 15.3 Å². The van der Waals surface area contributed by atoms with E-state index in [1.807, 2.05) is 6.07 Å². The maximum absolute atomic E-state index is 12.3. The van der Waals surface area contributed by atoms with Gasteiger partial charge in [0, 0.05) is 22.9 Å². The second-order valence-electron chi connectivity index (χ2n) is 6.83.